The highest BCUT2D eigenvalue weighted by molar-refractivity contribution is 5.94. The molecular formula is C11H16O2. The summed E-state index contributed by atoms with van der Waals surface area (Å²) in [5.74, 6) is 0.501. The average Bonchev–Trinajstić information content (AvgIpc) is 2.39. The summed E-state index contributed by atoms with van der Waals surface area (Å²) < 4.78 is 4.88. The van der Waals surface area contributed by atoms with Crippen molar-refractivity contribution in [2.24, 2.45) is 0 Å². The van der Waals surface area contributed by atoms with Gasteiger partial charge in [-0.3, -0.25) is 0 Å². The topological polar surface area (TPSA) is 26.3 Å². The Kier molecular flexibility index (Phi) is 3.74. The van der Waals surface area contributed by atoms with Crippen LogP contribution in [-0.2, 0) is 9.53 Å². The molecule has 0 N–H and O–H groups in total. The van der Waals surface area contributed by atoms with E-state index < -0.39 is 0 Å². The normalized spacial score (nSPS) is 19.1. The minimum Gasteiger partial charge on any atom is -0.428 e. The van der Waals surface area contributed by atoms with Gasteiger partial charge in [0.05, 0.1) is 5.57 Å². The highest BCUT2D eigenvalue weighted by Gasteiger charge is 2.16. The third-order valence-corrected chi connectivity index (χ3v) is 2.02. The third kappa shape index (κ3) is 3.05. The maximum atomic E-state index is 11.1. The number of carbonyl (C=O) groups excluding carboxylic acids is 1. The summed E-state index contributed by atoms with van der Waals surface area (Å²) in [6, 6.07) is 0. The molecule has 0 fully saturated rings. The zero-order valence-electron chi connectivity index (χ0n) is 8.30. The lowest BCUT2D eigenvalue weighted by atomic mass is 10.1. The zero-order chi connectivity index (χ0) is 9.68. The van der Waals surface area contributed by atoms with E-state index in [9.17, 15) is 4.79 Å². The van der Waals surface area contributed by atoms with Crippen LogP contribution in [0.3, 0.4) is 0 Å². The minimum absolute atomic E-state index is 0.200. The summed E-state index contributed by atoms with van der Waals surface area (Å²) in [6.07, 6.45) is 8.33. The summed E-state index contributed by atoms with van der Waals surface area (Å²) in [7, 11) is 0. The van der Waals surface area contributed by atoms with Crippen molar-refractivity contribution >= 4 is 5.97 Å². The summed E-state index contributed by atoms with van der Waals surface area (Å²) in [4.78, 5) is 11.1. The second-order valence-corrected chi connectivity index (χ2v) is 3.30. The molecule has 2 heteroatoms. The lowest BCUT2D eigenvalue weighted by Crippen LogP contribution is -1.96. The number of esters is 1. The van der Waals surface area contributed by atoms with Gasteiger partial charge in [-0.1, -0.05) is 25.8 Å². The third-order valence-electron chi connectivity index (χ3n) is 2.02. The fraction of sp³-hybridized carbons (Fsp3) is 0.545. The van der Waals surface area contributed by atoms with Gasteiger partial charge in [0.1, 0.15) is 5.76 Å². The maximum Gasteiger partial charge on any atom is 0.342 e. The molecule has 0 atom stereocenters. The Balaban J connectivity index is 2.38. The van der Waals surface area contributed by atoms with Gasteiger partial charge in [0.2, 0.25) is 0 Å². The predicted molar refractivity (Wildman–Crippen MR) is 52.1 cm³/mol. The van der Waals surface area contributed by atoms with E-state index in [2.05, 4.69) is 6.92 Å². The van der Waals surface area contributed by atoms with Gasteiger partial charge in [0.25, 0.3) is 0 Å². The van der Waals surface area contributed by atoms with E-state index in [0.717, 1.165) is 12.8 Å². The van der Waals surface area contributed by atoms with Crippen molar-refractivity contribution in [3.05, 3.63) is 23.5 Å². The molecule has 0 radical (unpaired) electrons. The van der Waals surface area contributed by atoms with Crippen LogP contribution < -0.4 is 0 Å². The molecule has 1 rings (SSSR count). The average molecular weight is 180 g/mol. The first-order valence-electron chi connectivity index (χ1n) is 4.84. The van der Waals surface area contributed by atoms with Crippen LogP contribution in [0.2, 0.25) is 0 Å². The SMILES string of the molecule is CCCCCC=C1C=C(C)OC1=O. The molecular weight excluding hydrogens is 164 g/mol. The van der Waals surface area contributed by atoms with Gasteiger partial charge < -0.3 is 4.74 Å². The number of rotatable bonds is 4. The summed E-state index contributed by atoms with van der Waals surface area (Å²) in [5, 5.41) is 0. The highest BCUT2D eigenvalue weighted by Crippen LogP contribution is 2.17. The molecule has 0 aromatic carbocycles. The van der Waals surface area contributed by atoms with Crippen LogP contribution >= 0.6 is 0 Å². The lowest BCUT2D eigenvalue weighted by molar-refractivity contribution is -0.133. The second kappa shape index (κ2) is 4.85. The molecule has 1 heterocycles. The van der Waals surface area contributed by atoms with Crippen LogP contribution in [-0.4, -0.2) is 5.97 Å². The first kappa shape index (κ1) is 10.0. The van der Waals surface area contributed by atoms with Gasteiger partial charge in [0.15, 0.2) is 0 Å². The van der Waals surface area contributed by atoms with Gasteiger partial charge >= 0.3 is 5.97 Å². The van der Waals surface area contributed by atoms with Crippen molar-refractivity contribution in [2.45, 2.75) is 39.5 Å². The molecule has 0 aliphatic carbocycles. The van der Waals surface area contributed by atoms with E-state index in [1.165, 1.54) is 12.8 Å². The van der Waals surface area contributed by atoms with E-state index in [-0.39, 0.29) is 5.97 Å². The molecule has 13 heavy (non-hydrogen) atoms. The molecule has 1 aliphatic heterocycles. The molecule has 1 aliphatic rings. The van der Waals surface area contributed by atoms with E-state index in [1.54, 1.807) is 13.0 Å². The molecule has 0 amide bonds. The van der Waals surface area contributed by atoms with Gasteiger partial charge in [-0.15, -0.1) is 0 Å². The Morgan fingerprint density at radius 1 is 1.46 bits per heavy atom. The van der Waals surface area contributed by atoms with E-state index >= 15 is 0 Å². The smallest absolute Gasteiger partial charge is 0.342 e. The van der Waals surface area contributed by atoms with Gasteiger partial charge in [-0.2, -0.15) is 0 Å². The highest BCUT2D eigenvalue weighted by atomic mass is 16.5. The molecule has 2 nitrogen and oxygen atoms in total. The van der Waals surface area contributed by atoms with E-state index in [1.807, 2.05) is 6.08 Å². The number of ether oxygens (including phenoxy) is 1. The minimum atomic E-state index is -0.200. The Morgan fingerprint density at radius 2 is 2.23 bits per heavy atom. The summed E-state index contributed by atoms with van der Waals surface area (Å²) >= 11 is 0. The van der Waals surface area contributed by atoms with Crippen LogP contribution in [0.25, 0.3) is 0 Å². The summed E-state index contributed by atoms with van der Waals surface area (Å²) in [5.41, 5.74) is 0.716. The van der Waals surface area contributed by atoms with Gasteiger partial charge in [-0.25, -0.2) is 4.79 Å². The van der Waals surface area contributed by atoms with Crippen molar-refractivity contribution in [3.8, 4) is 0 Å². The molecule has 0 aromatic rings. The Labute approximate surface area is 79.3 Å². The maximum absolute atomic E-state index is 11.1. The Bertz CT molecular complexity index is 249. The number of unbranched alkanes of at least 4 members (excludes halogenated alkanes) is 3. The molecule has 72 valence electrons. The van der Waals surface area contributed by atoms with Crippen molar-refractivity contribution in [3.63, 3.8) is 0 Å². The second-order valence-electron chi connectivity index (χ2n) is 3.30. The van der Waals surface area contributed by atoms with Crippen molar-refractivity contribution < 1.29 is 9.53 Å². The van der Waals surface area contributed by atoms with Crippen LogP contribution in [0.15, 0.2) is 23.5 Å². The van der Waals surface area contributed by atoms with Crippen molar-refractivity contribution in [1.82, 2.24) is 0 Å². The standard InChI is InChI=1S/C11H16O2/c1-3-4-5-6-7-10-8-9(2)13-11(10)12/h7-8H,3-6H2,1-2H3. The molecule has 0 aromatic heterocycles. The first-order chi connectivity index (χ1) is 6.24. The van der Waals surface area contributed by atoms with Gasteiger partial charge in [-0.05, 0) is 25.8 Å². The predicted octanol–water partition coefficient (Wildman–Crippen LogP) is 2.95. The first-order valence-corrected chi connectivity index (χ1v) is 4.84. The van der Waals surface area contributed by atoms with E-state index in [0.29, 0.717) is 11.3 Å². The molecule has 0 unspecified atom stereocenters. The fourth-order valence-corrected chi connectivity index (χ4v) is 1.31. The number of hydrogen-bond acceptors (Lipinski definition) is 2. The Morgan fingerprint density at radius 3 is 2.77 bits per heavy atom. The number of allylic oxidation sites excluding steroid dienone is 2. The monoisotopic (exact) mass is 180 g/mol. The quantitative estimate of drug-likeness (QED) is 0.377. The lowest BCUT2D eigenvalue weighted by Gasteiger charge is -1.94. The molecule has 0 saturated heterocycles. The number of hydrogen-bond donors (Lipinski definition) is 0. The largest absolute Gasteiger partial charge is 0.428 e. The fourth-order valence-electron chi connectivity index (χ4n) is 1.31. The van der Waals surface area contributed by atoms with E-state index in [4.69, 9.17) is 4.74 Å². The zero-order valence-corrected chi connectivity index (χ0v) is 8.30. The molecule has 0 saturated carbocycles. The van der Waals surface area contributed by atoms with Crippen LogP contribution in [0.5, 0.6) is 0 Å². The Hall–Kier alpha value is -1.05. The number of carbonyl (C=O) groups is 1. The summed E-state index contributed by atoms with van der Waals surface area (Å²) in [6.45, 7) is 3.96. The number of cyclic esters (lactones) is 1. The molecule has 0 spiro atoms. The van der Waals surface area contributed by atoms with Crippen LogP contribution in [0, 0.1) is 0 Å². The van der Waals surface area contributed by atoms with Crippen molar-refractivity contribution in [2.75, 3.05) is 0 Å². The van der Waals surface area contributed by atoms with Crippen LogP contribution in [0.1, 0.15) is 39.5 Å². The van der Waals surface area contributed by atoms with Crippen LogP contribution in [0.4, 0.5) is 0 Å². The van der Waals surface area contributed by atoms with Gasteiger partial charge in [0, 0.05) is 0 Å². The van der Waals surface area contributed by atoms with Crippen molar-refractivity contribution in [1.29, 1.82) is 0 Å². The molecule has 0 bridgehead atoms.